The Morgan fingerprint density at radius 1 is 0.774 bits per heavy atom. The lowest BCUT2D eigenvalue weighted by Crippen LogP contribution is -2.37. The summed E-state index contributed by atoms with van der Waals surface area (Å²) in [6, 6.07) is 24.7. The van der Waals surface area contributed by atoms with Crippen molar-refractivity contribution in [2.45, 2.75) is 17.9 Å². The standard InChI is InChI=1S/C25H19ClN2O2S/c26-19-10-12-21(13-11-19)31-23-22(27-15-14-17-6-4-5-7-18(17)16-27)24(29)28(25(23)30)20-8-2-1-3-9-20/h1-13H,14-16H2. The number of carbonyl (C=O) groups is 2. The first-order valence-corrected chi connectivity index (χ1v) is 11.2. The number of anilines is 1. The maximum Gasteiger partial charge on any atom is 0.283 e. The number of carbonyl (C=O) groups excluding carboxylic acids is 2. The van der Waals surface area contributed by atoms with Crippen LogP contribution in [-0.2, 0) is 22.6 Å². The molecule has 0 unspecified atom stereocenters. The van der Waals surface area contributed by atoms with Gasteiger partial charge < -0.3 is 4.90 Å². The van der Waals surface area contributed by atoms with Gasteiger partial charge in [-0.05, 0) is 53.9 Å². The minimum Gasteiger partial charge on any atom is -0.361 e. The second-order valence-electron chi connectivity index (χ2n) is 7.46. The molecule has 0 bridgehead atoms. The van der Waals surface area contributed by atoms with Crippen LogP contribution in [0.4, 0.5) is 5.69 Å². The van der Waals surface area contributed by atoms with Crippen molar-refractivity contribution in [2.24, 2.45) is 0 Å². The van der Waals surface area contributed by atoms with Crippen LogP contribution < -0.4 is 4.90 Å². The Kier molecular flexibility index (Phi) is 5.30. The van der Waals surface area contributed by atoms with Crippen LogP contribution in [0.25, 0.3) is 0 Å². The van der Waals surface area contributed by atoms with E-state index < -0.39 is 0 Å². The molecular weight excluding hydrogens is 428 g/mol. The number of fused-ring (bicyclic) bond motifs is 1. The minimum absolute atomic E-state index is 0.271. The first-order chi connectivity index (χ1) is 15.1. The number of hydrogen-bond acceptors (Lipinski definition) is 4. The highest BCUT2D eigenvalue weighted by molar-refractivity contribution is 8.04. The summed E-state index contributed by atoms with van der Waals surface area (Å²) in [5.41, 5.74) is 3.54. The molecule has 4 nitrogen and oxygen atoms in total. The van der Waals surface area contributed by atoms with Crippen LogP contribution in [0.1, 0.15) is 11.1 Å². The lowest BCUT2D eigenvalue weighted by atomic mass is 9.99. The molecule has 0 aromatic heterocycles. The van der Waals surface area contributed by atoms with Crippen molar-refractivity contribution in [3.63, 3.8) is 0 Å². The van der Waals surface area contributed by atoms with Crippen molar-refractivity contribution in [1.82, 2.24) is 4.90 Å². The summed E-state index contributed by atoms with van der Waals surface area (Å²) >= 11 is 7.34. The first kappa shape index (κ1) is 19.9. The van der Waals surface area contributed by atoms with Crippen LogP contribution in [0.3, 0.4) is 0 Å². The van der Waals surface area contributed by atoms with Crippen LogP contribution in [0.2, 0.25) is 5.02 Å². The molecule has 0 radical (unpaired) electrons. The van der Waals surface area contributed by atoms with Gasteiger partial charge in [0.1, 0.15) is 10.6 Å². The fourth-order valence-electron chi connectivity index (χ4n) is 3.99. The summed E-state index contributed by atoms with van der Waals surface area (Å²) in [5, 5.41) is 0.630. The van der Waals surface area contributed by atoms with E-state index >= 15 is 0 Å². The predicted molar refractivity (Wildman–Crippen MR) is 124 cm³/mol. The van der Waals surface area contributed by atoms with Gasteiger partial charge in [0.05, 0.1) is 5.69 Å². The topological polar surface area (TPSA) is 40.6 Å². The third-order valence-electron chi connectivity index (χ3n) is 5.51. The molecule has 2 aliphatic heterocycles. The van der Waals surface area contributed by atoms with Gasteiger partial charge >= 0.3 is 0 Å². The van der Waals surface area contributed by atoms with Gasteiger partial charge in [-0.15, -0.1) is 0 Å². The summed E-state index contributed by atoms with van der Waals surface area (Å²) in [7, 11) is 0. The van der Waals surface area contributed by atoms with Crippen LogP contribution in [0, 0.1) is 0 Å². The molecule has 0 fully saturated rings. The first-order valence-electron chi connectivity index (χ1n) is 10.0. The van der Waals surface area contributed by atoms with Gasteiger partial charge in [0.2, 0.25) is 0 Å². The van der Waals surface area contributed by atoms with Crippen molar-refractivity contribution in [3.8, 4) is 0 Å². The van der Waals surface area contributed by atoms with E-state index in [4.69, 9.17) is 11.6 Å². The van der Waals surface area contributed by atoms with Crippen molar-refractivity contribution in [2.75, 3.05) is 11.4 Å². The Balaban J connectivity index is 1.55. The fraction of sp³-hybridized carbons (Fsp3) is 0.120. The Labute approximate surface area is 190 Å². The molecule has 2 amide bonds. The number of thioether (sulfide) groups is 1. The number of nitrogens with zero attached hydrogens (tertiary/aromatic N) is 2. The highest BCUT2D eigenvalue weighted by Crippen LogP contribution is 2.40. The molecule has 31 heavy (non-hydrogen) atoms. The third kappa shape index (κ3) is 3.75. The number of amides is 2. The maximum absolute atomic E-state index is 13.6. The van der Waals surface area contributed by atoms with Gasteiger partial charge in [0.15, 0.2) is 0 Å². The van der Waals surface area contributed by atoms with E-state index in [9.17, 15) is 9.59 Å². The molecule has 2 aliphatic rings. The molecular formula is C25H19ClN2O2S. The number of hydrogen-bond donors (Lipinski definition) is 0. The molecule has 3 aromatic rings. The van der Waals surface area contributed by atoms with Crippen molar-refractivity contribution >= 4 is 40.9 Å². The zero-order valence-corrected chi connectivity index (χ0v) is 18.2. The summed E-state index contributed by atoms with van der Waals surface area (Å²) in [6.45, 7) is 1.30. The molecule has 0 saturated carbocycles. The Morgan fingerprint density at radius 2 is 1.45 bits per heavy atom. The van der Waals surface area contributed by atoms with Crippen LogP contribution in [0.5, 0.6) is 0 Å². The summed E-state index contributed by atoms with van der Waals surface area (Å²) in [6.07, 6.45) is 0.839. The van der Waals surface area contributed by atoms with Gasteiger partial charge in [0, 0.05) is 23.0 Å². The highest BCUT2D eigenvalue weighted by atomic mass is 35.5. The third-order valence-corrected chi connectivity index (χ3v) is 6.84. The van der Waals surface area contributed by atoms with Gasteiger partial charge in [0.25, 0.3) is 11.8 Å². The van der Waals surface area contributed by atoms with Crippen LogP contribution in [-0.4, -0.2) is 23.3 Å². The molecule has 0 spiro atoms. The molecule has 5 rings (SSSR count). The maximum atomic E-state index is 13.6. The van der Waals surface area contributed by atoms with E-state index in [2.05, 4.69) is 12.1 Å². The summed E-state index contributed by atoms with van der Waals surface area (Å²) in [4.78, 5) is 31.7. The van der Waals surface area contributed by atoms with Crippen molar-refractivity contribution < 1.29 is 9.59 Å². The highest BCUT2D eigenvalue weighted by Gasteiger charge is 2.43. The smallest absolute Gasteiger partial charge is 0.283 e. The van der Waals surface area contributed by atoms with Gasteiger partial charge in [-0.1, -0.05) is 65.8 Å². The average Bonchev–Trinajstić information content (AvgIpc) is 3.04. The van der Waals surface area contributed by atoms with E-state index in [0.717, 1.165) is 11.3 Å². The van der Waals surface area contributed by atoms with Crippen molar-refractivity contribution in [1.29, 1.82) is 0 Å². The van der Waals surface area contributed by atoms with Crippen LogP contribution in [0.15, 0.2) is 94.4 Å². The van der Waals surface area contributed by atoms with E-state index in [0.29, 0.717) is 34.4 Å². The minimum atomic E-state index is -0.287. The number of imide groups is 1. The van der Waals surface area contributed by atoms with Gasteiger partial charge in [-0.3, -0.25) is 9.59 Å². The molecule has 0 saturated heterocycles. The molecule has 3 aromatic carbocycles. The quantitative estimate of drug-likeness (QED) is 0.511. The van der Waals surface area contributed by atoms with Crippen molar-refractivity contribution in [3.05, 3.63) is 106 Å². The summed E-state index contributed by atoms with van der Waals surface area (Å²) in [5.74, 6) is -0.558. The molecule has 0 atom stereocenters. The van der Waals surface area contributed by atoms with E-state index in [1.165, 1.54) is 27.8 Å². The monoisotopic (exact) mass is 446 g/mol. The lowest BCUT2D eigenvalue weighted by molar-refractivity contribution is -0.121. The Hall–Kier alpha value is -3.02. The predicted octanol–water partition coefficient (Wildman–Crippen LogP) is 5.28. The normalized spacial score (nSPS) is 16.2. The Bertz CT molecular complexity index is 1190. The van der Waals surface area contributed by atoms with E-state index in [1.807, 2.05) is 47.4 Å². The number of benzene rings is 3. The number of rotatable bonds is 4. The SMILES string of the molecule is O=C1C(Sc2ccc(Cl)cc2)=C(N2CCc3ccccc3C2)C(=O)N1c1ccccc1. The molecule has 2 heterocycles. The molecule has 0 aliphatic carbocycles. The molecule has 6 heteroatoms. The Morgan fingerprint density at radius 3 is 2.19 bits per heavy atom. The molecule has 0 N–H and O–H groups in total. The van der Waals surface area contributed by atoms with Gasteiger partial charge in [-0.2, -0.15) is 0 Å². The second kappa shape index (κ2) is 8.25. The number of halogens is 1. The largest absolute Gasteiger partial charge is 0.361 e. The van der Waals surface area contributed by atoms with Gasteiger partial charge in [-0.25, -0.2) is 4.90 Å². The molecule has 154 valence electrons. The van der Waals surface area contributed by atoms with E-state index in [1.54, 1.807) is 24.3 Å². The zero-order chi connectivity index (χ0) is 21.4. The zero-order valence-electron chi connectivity index (χ0n) is 16.6. The second-order valence-corrected chi connectivity index (χ2v) is 8.98. The van der Waals surface area contributed by atoms with E-state index in [-0.39, 0.29) is 11.8 Å². The average molecular weight is 447 g/mol. The fourth-order valence-corrected chi connectivity index (χ4v) is 5.11. The number of para-hydroxylation sites is 1. The lowest BCUT2D eigenvalue weighted by Gasteiger charge is -2.31. The van der Waals surface area contributed by atoms with Crippen LogP contribution >= 0.6 is 23.4 Å². The summed E-state index contributed by atoms with van der Waals surface area (Å²) < 4.78 is 0.